The number of fused-ring (bicyclic) bond motifs is 1. The molecule has 3 aliphatic rings. The molecule has 0 unspecified atom stereocenters. The number of aliphatic hydroxyl groups is 1. The van der Waals surface area contributed by atoms with Crippen LogP contribution in [0.4, 0.5) is 0 Å². The Bertz CT molecular complexity index is 1000. The van der Waals surface area contributed by atoms with Crippen molar-refractivity contribution in [1.82, 2.24) is 19.4 Å². The molecule has 3 fully saturated rings. The Balaban J connectivity index is 1.34. The van der Waals surface area contributed by atoms with Crippen molar-refractivity contribution in [1.29, 1.82) is 0 Å². The number of piperazine rings is 1. The number of carbonyl (C=O) groups excluding carboxylic acids is 2. The minimum atomic E-state index is -0.284. The zero-order valence-electron chi connectivity index (χ0n) is 17.3. The molecule has 2 saturated carbocycles. The van der Waals surface area contributed by atoms with Crippen molar-refractivity contribution in [2.45, 2.75) is 56.6 Å². The molecule has 1 aromatic carbocycles. The maximum atomic E-state index is 13.2. The van der Waals surface area contributed by atoms with Crippen LogP contribution in [0.5, 0.6) is 5.75 Å². The van der Waals surface area contributed by atoms with Crippen LogP contribution in [-0.2, 0) is 11.8 Å². The highest BCUT2D eigenvalue weighted by Gasteiger charge is 2.35. The van der Waals surface area contributed by atoms with Gasteiger partial charge in [-0.05, 0) is 62.1 Å². The third-order valence-electron chi connectivity index (χ3n) is 6.88. The van der Waals surface area contributed by atoms with Crippen LogP contribution in [0, 0.1) is 0 Å². The predicted octanol–water partition coefficient (Wildman–Crippen LogP) is 1.74. The van der Waals surface area contributed by atoms with Crippen molar-refractivity contribution in [3.05, 3.63) is 23.5 Å². The summed E-state index contributed by atoms with van der Waals surface area (Å²) < 4.78 is 1.72. The highest BCUT2D eigenvalue weighted by molar-refractivity contribution is 5.98. The van der Waals surface area contributed by atoms with E-state index in [0.717, 1.165) is 49.6 Å². The molecule has 5 rings (SSSR count). The zero-order valence-corrected chi connectivity index (χ0v) is 17.3. The highest BCUT2D eigenvalue weighted by Crippen LogP contribution is 2.43. The fourth-order valence-electron chi connectivity index (χ4n) is 4.89. The van der Waals surface area contributed by atoms with E-state index >= 15 is 0 Å². The second kappa shape index (κ2) is 7.27. The lowest BCUT2D eigenvalue weighted by Gasteiger charge is -2.41. The summed E-state index contributed by atoms with van der Waals surface area (Å²) in [4.78, 5) is 33.8. The first-order valence-electron chi connectivity index (χ1n) is 10.9. The number of phenols is 1. The monoisotopic (exact) mass is 412 g/mol. The van der Waals surface area contributed by atoms with E-state index in [1.54, 1.807) is 22.6 Å². The smallest absolute Gasteiger partial charge is 0.290 e. The van der Waals surface area contributed by atoms with Gasteiger partial charge in [-0.2, -0.15) is 0 Å². The van der Waals surface area contributed by atoms with Gasteiger partial charge in [0.05, 0.1) is 11.6 Å². The number of aromatic hydroxyl groups is 1. The number of hydrogen-bond donors (Lipinski definition) is 2. The molecular formula is C22H28N4O4. The number of carbonyl (C=O) groups is 2. The Morgan fingerprint density at radius 1 is 1.10 bits per heavy atom. The molecule has 1 saturated heterocycles. The summed E-state index contributed by atoms with van der Waals surface area (Å²) in [6, 6.07) is 3.92. The summed E-state index contributed by atoms with van der Waals surface area (Å²) in [7, 11) is 1.78. The van der Waals surface area contributed by atoms with Crippen LogP contribution in [0.3, 0.4) is 0 Å². The molecule has 1 aliphatic heterocycles. The average molecular weight is 412 g/mol. The van der Waals surface area contributed by atoms with E-state index in [2.05, 4.69) is 4.98 Å². The number of aliphatic hydroxyl groups excluding tert-OH is 1. The van der Waals surface area contributed by atoms with Gasteiger partial charge in [-0.1, -0.05) is 0 Å². The van der Waals surface area contributed by atoms with E-state index in [-0.39, 0.29) is 42.1 Å². The Kier molecular flexibility index (Phi) is 4.69. The number of aryl methyl sites for hydroxylation is 1. The van der Waals surface area contributed by atoms with Crippen LogP contribution in [0.1, 0.15) is 60.6 Å². The first-order chi connectivity index (χ1) is 14.4. The van der Waals surface area contributed by atoms with Gasteiger partial charge < -0.3 is 24.6 Å². The summed E-state index contributed by atoms with van der Waals surface area (Å²) in [5.41, 5.74) is 2.25. The van der Waals surface area contributed by atoms with E-state index < -0.39 is 0 Å². The van der Waals surface area contributed by atoms with E-state index in [1.807, 2.05) is 11.0 Å². The second-order valence-electron chi connectivity index (χ2n) is 8.95. The third kappa shape index (κ3) is 3.33. The lowest BCUT2D eigenvalue weighted by Crippen LogP contribution is -2.56. The molecule has 1 aromatic heterocycles. The van der Waals surface area contributed by atoms with E-state index in [1.165, 1.54) is 0 Å². The van der Waals surface area contributed by atoms with Gasteiger partial charge in [0.15, 0.2) is 5.82 Å². The minimum absolute atomic E-state index is 0.0421. The molecule has 0 atom stereocenters. The van der Waals surface area contributed by atoms with Gasteiger partial charge in [0.25, 0.3) is 5.91 Å². The number of hydrogen-bond acceptors (Lipinski definition) is 5. The van der Waals surface area contributed by atoms with Crippen LogP contribution in [-0.4, -0.2) is 73.2 Å². The molecule has 0 bridgehead atoms. The number of rotatable bonds is 3. The summed E-state index contributed by atoms with van der Waals surface area (Å²) in [5, 5.41) is 20.1. The number of nitrogens with zero attached hydrogens (tertiary/aromatic N) is 4. The fourth-order valence-corrected chi connectivity index (χ4v) is 4.89. The molecule has 2 amide bonds. The molecule has 8 nitrogen and oxygen atoms in total. The fraction of sp³-hybridized carbons (Fsp3) is 0.591. The van der Waals surface area contributed by atoms with Gasteiger partial charge in [0.2, 0.25) is 5.91 Å². The number of imidazole rings is 1. The Labute approximate surface area is 175 Å². The van der Waals surface area contributed by atoms with Gasteiger partial charge in [-0.15, -0.1) is 0 Å². The van der Waals surface area contributed by atoms with Gasteiger partial charge in [0.1, 0.15) is 17.8 Å². The lowest BCUT2D eigenvalue weighted by atomic mass is 9.91. The molecule has 30 heavy (non-hydrogen) atoms. The first-order valence-corrected chi connectivity index (χ1v) is 10.9. The molecule has 0 radical (unpaired) electrons. The molecular weight excluding hydrogens is 384 g/mol. The van der Waals surface area contributed by atoms with Crippen LogP contribution in [0.2, 0.25) is 0 Å². The first kappa shape index (κ1) is 19.4. The van der Waals surface area contributed by atoms with Crippen molar-refractivity contribution >= 4 is 22.8 Å². The molecule has 2 heterocycles. The molecule has 8 heteroatoms. The van der Waals surface area contributed by atoms with Crippen molar-refractivity contribution in [2.75, 3.05) is 19.6 Å². The largest absolute Gasteiger partial charge is 0.506 e. The molecule has 160 valence electrons. The minimum Gasteiger partial charge on any atom is -0.506 e. The number of benzene rings is 1. The van der Waals surface area contributed by atoms with Crippen LogP contribution in [0.25, 0.3) is 11.0 Å². The van der Waals surface area contributed by atoms with E-state index in [0.29, 0.717) is 24.5 Å². The third-order valence-corrected chi connectivity index (χ3v) is 6.88. The normalized spacial score (nSPS) is 25.2. The Morgan fingerprint density at radius 3 is 2.50 bits per heavy atom. The quantitative estimate of drug-likeness (QED) is 0.800. The standard InChI is InChI=1S/C22H28N4O4/c1-24-17-10-14(13-2-3-13)11-18(28)20(17)23-21(24)22(30)25-8-9-26(19(29)12-25)15-4-6-16(27)7-5-15/h10-11,13,15-16,27-28H,2-9,12H2,1H3/t15-,16-. The van der Waals surface area contributed by atoms with Gasteiger partial charge in [0, 0.05) is 26.2 Å². The van der Waals surface area contributed by atoms with Crippen LogP contribution < -0.4 is 0 Å². The summed E-state index contributed by atoms with van der Waals surface area (Å²) in [5.74, 6) is 0.502. The Hall–Kier alpha value is -2.61. The van der Waals surface area contributed by atoms with Crippen molar-refractivity contribution < 1.29 is 19.8 Å². The van der Waals surface area contributed by atoms with Gasteiger partial charge in [-0.3, -0.25) is 9.59 Å². The van der Waals surface area contributed by atoms with Crippen LogP contribution in [0.15, 0.2) is 12.1 Å². The molecule has 2 aliphatic carbocycles. The van der Waals surface area contributed by atoms with Crippen LogP contribution >= 0.6 is 0 Å². The Morgan fingerprint density at radius 2 is 1.83 bits per heavy atom. The highest BCUT2D eigenvalue weighted by atomic mass is 16.3. The molecule has 2 aromatic rings. The SMILES string of the molecule is Cn1c(C(=O)N2CCN([C@H]3CC[C@H](O)CC3)C(=O)C2)nc2c(O)cc(C3CC3)cc21. The number of phenolic OH excluding ortho intramolecular Hbond substituents is 1. The van der Waals surface area contributed by atoms with E-state index in [4.69, 9.17) is 0 Å². The van der Waals surface area contributed by atoms with Crippen molar-refractivity contribution in [3.8, 4) is 5.75 Å². The van der Waals surface area contributed by atoms with Crippen molar-refractivity contribution in [3.63, 3.8) is 0 Å². The molecule has 0 spiro atoms. The van der Waals surface area contributed by atoms with E-state index in [9.17, 15) is 19.8 Å². The average Bonchev–Trinajstić information content (AvgIpc) is 3.53. The summed E-state index contributed by atoms with van der Waals surface area (Å²) in [6.07, 6.45) is 5.07. The maximum Gasteiger partial charge on any atom is 0.290 e. The maximum absolute atomic E-state index is 13.2. The number of amides is 2. The van der Waals surface area contributed by atoms with Gasteiger partial charge >= 0.3 is 0 Å². The topological polar surface area (TPSA) is 98.9 Å². The predicted molar refractivity (Wildman–Crippen MR) is 110 cm³/mol. The summed E-state index contributed by atoms with van der Waals surface area (Å²) in [6.45, 7) is 1.01. The van der Waals surface area contributed by atoms with Gasteiger partial charge in [-0.25, -0.2) is 4.98 Å². The molecule has 2 N–H and O–H groups in total. The number of aromatic nitrogens is 2. The van der Waals surface area contributed by atoms with Crippen molar-refractivity contribution in [2.24, 2.45) is 7.05 Å². The second-order valence-corrected chi connectivity index (χ2v) is 8.95. The zero-order chi connectivity index (χ0) is 21.0. The lowest BCUT2D eigenvalue weighted by molar-refractivity contribution is -0.138. The summed E-state index contributed by atoms with van der Waals surface area (Å²) >= 11 is 0.